The van der Waals surface area contributed by atoms with Gasteiger partial charge in [0.1, 0.15) is 10.8 Å². The van der Waals surface area contributed by atoms with Gasteiger partial charge in [-0.2, -0.15) is 0 Å². The normalized spacial score (nSPS) is 10.7. The quantitative estimate of drug-likeness (QED) is 0.503. The number of hydrogen-bond donors (Lipinski definition) is 1. The van der Waals surface area contributed by atoms with E-state index >= 15 is 0 Å². The van der Waals surface area contributed by atoms with Gasteiger partial charge in [-0.1, -0.05) is 54.1 Å². The topological polar surface area (TPSA) is 50.7 Å². The molecule has 4 rings (SSSR count). The van der Waals surface area contributed by atoms with E-state index in [0.717, 1.165) is 27.8 Å². The van der Waals surface area contributed by atoms with E-state index in [1.807, 2.05) is 24.3 Å². The van der Waals surface area contributed by atoms with E-state index in [0.29, 0.717) is 6.54 Å². The van der Waals surface area contributed by atoms with E-state index in [1.165, 1.54) is 16.7 Å². The maximum Gasteiger partial charge on any atom is 0.149 e. The molecule has 0 atom stereocenters. The van der Waals surface area contributed by atoms with Crippen LogP contribution >= 0.6 is 11.3 Å². The van der Waals surface area contributed by atoms with Crippen LogP contribution in [0.3, 0.4) is 0 Å². The van der Waals surface area contributed by atoms with Crippen molar-refractivity contribution in [2.75, 3.05) is 5.32 Å². The maximum atomic E-state index is 4.74. The van der Waals surface area contributed by atoms with Gasteiger partial charge in [-0.3, -0.25) is 0 Å². The molecule has 0 spiro atoms. The Morgan fingerprint density at radius 1 is 0.889 bits per heavy atom. The van der Waals surface area contributed by atoms with Crippen LogP contribution in [0.15, 0.2) is 66.0 Å². The van der Waals surface area contributed by atoms with Crippen LogP contribution in [0.2, 0.25) is 0 Å². The van der Waals surface area contributed by atoms with Crippen LogP contribution in [0.4, 0.5) is 5.82 Å². The minimum absolute atomic E-state index is 0.626. The van der Waals surface area contributed by atoms with Crippen LogP contribution in [-0.2, 0) is 6.54 Å². The Hall–Kier alpha value is -3.05. The first-order valence-corrected chi connectivity index (χ1v) is 9.72. The zero-order valence-corrected chi connectivity index (χ0v) is 16.1. The van der Waals surface area contributed by atoms with Crippen LogP contribution in [0.1, 0.15) is 16.8 Å². The lowest BCUT2D eigenvalue weighted by molar-refractivity contribution is 0.990. The molecule has 27 heavy (non-hydrogen) atoms. The lowest BCUT2D eigenvalue weighted by atomic mass is 10.1. The highest BCUT2D eigenvalue weighted by Gasteiger charge is 2.07. The average molecular weight is 372 g/mol. The minimum Gasteiger partial charge on any atom is -0.363 e. The third-order valence-electron chi connectivity index (χ3n) is 4.39. The van der Waals surface area contributed by atoms with Crippen molar-refractivity contribution in [3.8, 4) is 21.8 Å². The number of anilines is 1. The monoisotopic (exact) mass is 372 g/mol. The fraction of sp³-hybridized carbons (Fsp3) is 0.136. The first-order valence-electron chi connectivity index (χ1n) is 8.84. The highest BCUT2D eigenvalue weighted by Crippen LogP contribution is 2.26. The van der Waals surface area contributed by atoms with Gasteiger partial charge in [0, 0.05) is 16.5 Å². The summed E-state index contributed by atoms with van der Waals surface area (Å²) in [6.07, 6.45) is 0. The highest BCUT2D eigenvalue weighted by atomic mass is 32.1. The molecule has 134 valence electrons. The minimum atomic E-state index is 0.626. The molecule has 2 heterocycles. The first-order chi connectivity index (χ1) is 13.2. The second-order valence-electron chi connectivity index (χ2n) is 6.48. The van der Waals surface area contributed by atoms with Crippen LogP contribution < -0.4 is 5.32 Å². The van der Waals surface area contributed by atoms with Crippen LogP contribution in [-0.4, -0.2) is 15.2 Å². The molecule has 1 N–H and O–H groups in total. The summed E-state index contributed by atoms with van der Waals surface area (Å²) in [7, 11) is 0. The highest BCUT2D eigenvalue weighted by molar-refractivity contribution is 7.13. The second-order valence-corrected chi connectivity index (χ2v) is 7.34. The molecule has 0 bridgehead atoms. The van der Waals surface area contributed by atoms with Gasteiger partial charge in [-0.15, -0.1) is 21.5 Å². The zero-order chi connectivity index (χ0) is 18.6. The van der Waals surface area contributed by atoms with E-state index in [1.54, 1.807) is 11.3 Å². The smallest absolute Gasteiger partial charge is 0.149 e. The average Bonchev–Trinajstić information content (AvgIpc) is 3.17. The standard InChI is InChI=1S/C22H20N4S/c1-15-7-9-17(10-8-15)20-11-12-21(26-25-20)23-13-18-14-27-22(24-18)19-6-4-3-5-16(19)2/h3-12,14H,13H2,1-2H3,(H,23,26). The van der Waals surface area contributed by atoms with Crippen LogP contribution in [0.25, 0.3) is 21.8 Å². The molecule has 4 nitrogen and oxygen atoms in total. The molecule has 0 saturated heterocycles. The first kappa shape index (κ1) is 17.4. The summed E-state index contributed by atoms with van der Waals surface area (Å²) in [5.41, 5.74) is 6.61. The molecule has 0 radical (unpaired) electrons. The number of aryl methyl sites for hydroxylation is 2. The molecule has 0 aliphatic rings. The number of aromatic nitrogens is 3. The SMILES string of the molecule is Cc1ccc(-c2ccc(NCc3csc(-c4ccccc4C)n3)nn2)cc1. The molecule has 0 aliphatic carbocycles. The number of thiazole rings is 1. The summed E-state index contributed by atoms with van der Waals surface area (Å²) < 4.78 is 0. The number of nitrogens with one attached hydrogen (secondary N) is 1. The largest absolute Gasteiger partial charge is 0.363 e. The molecular weight excluding hydrogens is 352 g/mol. The summed E-state index contributed by atoms with van der Waals surface area (Å²) >= 11 is 1.67. The molecule has 0 fully saturated rings. The predicted molar refractivity (Wildman–Crippen MR) is 112 cm³/mol. The van der Waals surface area contributed by atoms with Crippen molar-refractivity contribution in [3.05, 3.63) is 82.9 Å². The van der Waals surface area contributed by atoms with Gasteiger partial charge in [0.2, 0.25) is 0 Å². The van der Waals surface area contributed by atoms with Crippen molar-refractivity contribution in [2.45, 2.75) is 20.4 Å². The Kier molecular flexibility index (Phi) is 4.94. The van der Waals surface area contributed by atoms with Crippen molar-refractivity contribution in [1.29, 1.82) is 0 Å². The summed E-state index contributed by atoms with van der Waals surface area (Å²) in [5, 5.41) is 15.0. The molecular formula is C22H20N4S. The third kappa shape index (κ3) is 4.04. The van der Waals surface area contributed by atoms with Gasteiger partial charge in [-0.25, -0.2) is 4.98 Å². The number of nitrogens with zero attached hydrogens (tertiary/aromatic N) is 3. The Morgan fingerprint density at radius 2 is 1.70 bits per heavy atom. The molecule has 0 aliphatic heterocycles. The van der Waals surface area contributed by atoms with E-state index < -0.39 is 0 Å². The molecule has 2 aromatic carbocycles. The lowest BCUT2D eigenvalue weighted by Gasteiger charge is -2.05. The van der Waals surface area contributed by atoms with E-state index in [9.17, 15) is 0 Å². The lowest BCUT2D eigenvalue weighted by Crippen LogP contribution is -2.03. The Balaban J connectivity index is 1.42. The van der Waals surface area contributed by atoms with Crippen molar-refractivity contribution >= 4 is 17.2 Å². The van der Waals surface area contributed by atoms with Crippen LogP contribution in [0.5, 0.6) is 0 Å². The molecule has 5 heteroatoms. The van der Waals surface area contributed by atoms with Gasteiger partial charge >= 0.3 is 0 Å². The second kappa shape index (κ2) is 7.68. The molecule has 0 unspecified atom stereocenters. The van der Waals surface area contributed by atoms with Gasteiger partial charge in [0.05, 0.1) is 17.9 Å². The summed E-state index contributed by atoms with van der Waals surface area (Å²) in [5.74, 6) is 0.747. The van der Waals surface area contributed by atoms with Gasteiger partial charge < -0.3 is 5.32 Å². The molecule has 4 aromatic rings. The fourth-order valence-electron chi connectivity index (χ4n) is 2.81. The molecule has 2 aromatic heterocycles. The summed E-state index contributed by atoms with van der Waals surface area (Å²) in [4.78, 5) is 4.74. The third-order valence-corrected chi connectivity index (χ3v) is 5.31. The zero-order valence-electron chi connectivity index (χ0n) is 15.3. The number of benzene rings is 2. The Bertz CT molecular complexity index is 1040. The Labute approximate surface area is 163 Å². The van der Waals surface area contributed by atoms with E-state index in [2.05, 4.69) is 71.1 Å². The van der Waals surface area contributed by atoms with E-state index in [-0.39, 0.29) is 0 Å². The van der Waals surface area contributed by atoms with Gasteiger partial charge in [-0.05, 0) is 31.5 Å². The van der Waals surface area contributed by atoms with Crippen molar-refractivity contribution < 1.29 is 0 Å². The van der Waals surface area contributed by atoms with Gasteiger partial charge in [0.25, 0.3) is 0 Å². The molecule has 0 amide bonds. The summed E-state index contributed by atoms with van der Waals surface area (Å²) in [6, 6.07) is 20.6. The maximum absolute atomic E-state index is 4.74. The fourth-order valence-corrected chi connectivity index (χ4v) is 3.72. The van der Waals surface area contributed by atoms with Crippen LogP contribution in [0, 0.1) is 13.8 Å². The Morgan fingerprint density at radius 3 is 2.44 bits per heavy atom. The van der Waals surface area contributed by atoms with Gasteiger partial charge in [0.15, 0.2) is 0 Å². The number of hydrogen-bond acceptors (Lipinski definition) is 5. The van der Waals surface area contributed by atoms with Crippen molar-refractivity contribution in [2.24, 2.45) is 0 Å². The van der Waals surface area contributed by atoms with E-state index in [4.69, 9.17) is 4.98 Å². The predicted octanol–water partition coefficient (Wildman–Crippen LogP) is 5.50. The number of rotatable bonds is 5. The van der Waals surface area contributed by atoms with Crippen molar-refractivity contribution in [1.82, 2.24) is 15.2 Å². The molecule has 0 saturated carbocycles. The van der Waals surface area contributed by atoms with Crippen molar-refractivity contribution in [3.63, 3.8) is 0 Å². The summed E-state index contributed by atoms with van der Waals surface area (Å²) in [6.45, 7) is 4.81.